The maximum atomic E-state index is 12.9. The Bertz CT molecular complexity index is 799. The lowest BCUT2D eigenvalue weighted by Gasteiger charge is -2.27. The Kier molecular flexibility index (Phi) is 3.08. The van der Waals surface area contributed by atoms with Crippen molar-refractivity contribution in [1.29, 1.82) is 0 Å². The van der Waals surface area contributed by atoms with Gasteiger partial charge in [-0.05, 0) is 47.7 Å². The number of fused-ring (bicyclic) bond motifs is 2. The predicted molar refractivity (Wildman–Crippen MR) is 88.1 cm³/mol. The van der Waals surface area contributed by atoms with Crippen molar-refractivity contribution in [3.05, 3.63) is 53.1 Å². The highest BCUT2D eigenvalue weighted by Gasteiger charge is 2.47. The molecule has 1 atom stereocenters. The van der Waals surface area contributed by atoms with Crippen molar-refractivity contribution in [1.82, 2.24) is 0 Å². The first-order valence-electron chi connectivity index (χ1n) is 8.04. The SMILES string of the molecule is CCc1ccc2c(c1)NC(=O)C2(CC)c1ccc2c(c1)OCO2. The van der Waals surface area contributed by atoms with Crippen molar-refractivity contribution in [2.75, 3.05) is 12.1 Å². The van der Waals surface area contributed by atoms with E-state index in [2.05, 4.69) is 30.4 Å². The standard InChI is InChI=1S/C19H19NO3/c1-3-12-5-7-14-15(9-12)20-18(21)19(14,4-2)13-6-8-16-17(10-13)23-11-22-16/h5-10H,3-4,11H2,1-2H3,(H,20,21). The van der Waals surface area contributed by atoms with Crippen LogP contribution in [0.25, 0.3) is 0 Å². The van der Waals surface area contributed by atoms with Crippen molar-refractivity contribution in [3.63, 3.8) is 0 Å². The van der Waals surface area contributed by atoms with Crippen LogP contribution in [-0.4, -0.2) is 12.7 Å². The molecule has 0 saturated carbocycles. The Hall–Kier alpha value is -2.49. The van der Waals surface area contributed by atoms with Crippen LogP contribution in [0.5, 0.6) is 11.5 Å². The first-order chi connectivity index (χ1) is 11.2. The lowest BCUT2D eigenvalue weighted by Crippen LogP contribution is -2.35. The molecule has 0 radical (unpaired) electrons. The zero-order chi connectivity index (χ0) is 16.0. The highest BCUT2D eigenvalue weighted by molar-refractivity contribution is 6.08. The Morgan fingerprint density at radius 1 is 1.09 bits per heavy atom. The highest BCUT2D eigenvalue weighted by atomic mass is 16.7. The largest absolute Gasteiger partial charge is 0.454 e. The van der Waals surface area contributed by atoms with Crippen LogP contribution in [-0.2, 0) is 16.6 Å². The molecule has 1 N–H and O–H groups in total. The monoisotopic (exact) mass is 309 g/mol. The second-order valence-electron chi connectivity index (χ2n) is 6.01. The third-order valence-electron chi connectivity index (χ3n) is 4.98. The number of rotatable bonds is 3. The number of amides is 1. The van der Waals surface area contributed by atoms with Gasteiger partial charge in [-0.1, -0.05) is 32.0 Å². The molecule has 0 saturated heterocycles. The Labute approximate surface area is 135 Å². The zero-order valence-electron chi connectivity index (χ0n) is 13.3. The summed E-state index contributed by atoms with van der Waals surface area (Å²) in [6, 6.07) is 12.1. The molecule has 0 bridgehead atoms. The van der Waals surface area contributed by atoms with Crippen molar-refractivity contribution in [2.45, 2.75) is 32.1 Å². The number of aryl methyl sites for hydroxylation is 1. The van der Waals surface area contributed by atoms with Gasteiger partial charge in [-0.2, -0.15) is 0 Å². The van der Waals surface area contributed by atoms with Gasteiger partial charge in [-0.15, -0.1) is 0 Å². The summed E-state index contributed by atoms with van der Waals surface area (Å²) < 4.78 is 10.9. The van der Waals surface area contributed by atoms with Gasteiger partial charge in [0.15, 0.2) is 11.5 Å². The van der Waals surface area contributed by atoms with Gasteiger partial charge in [0.25, 0.3) is 0 Å². The first kappa shape index (κ1) is 14.1. The molecule has 2 aliphatic rings. The minimum Gasteiger partial charge on any atom is -0.454 e. The second-order valence-corrected chi connectivity index (χ2v) is 6.01. The van der Waals surface area contributed by atoms with Crippen LogP contribution in [0.2, 0.25) is 0 Å². The van der Waals surface area contributed by atoms with E-state index in [1.54, 1.807) is 0 Å². The number of benzene rings is 2. The molecule has 0 fully saturated rings. The summed E-state index contributed by atoms with van der Waals surface area (Å²) in [5.74, 6) is 1.48. The predicted octanol–water partition coefficient (Wildman–Crippen LogP) is 3.63. The van der Waals surface area contributed by atoms with E-state index in [4.69, 9.17) is 9.47 Å². The Morgan fingerprint density at radius 2 is 1.91 bits per heavy atom. The van der Waals surface area contributed by atoms with Gasteiger partial charge in [0.2, 0.25) is 12.7 Å². The van der Waals surface area contributed by atoms with Crippen molar-refractivity contribution < 1.29 is 14.3 Å². The molecule has 2 heterocycles. The normalized spacial score (nSPS) is 21.2. The third-order valence-corrected chi connectivity index (χ3v) is 4.98. The summed E-state index contributed by atoms with van der Waals surface area (Å²) in [7, 11) is 0. The molecular weight excluding hydrogens is 290 g/mol. The molecule has 0 spiro atoms. The second kappa shape index (κ2) is 5.01. The molecule has 4 heteroatoms. The van der Waals surface area contributed by atoms with E-state index in [1.807, 2.05) is 25.1 Å². The number of carbonyl (C=O) groups is 1. The Balaban J connectivity index is 1.89. The first-order valence-corrected chi connectivity index (χ1v) is 8.04. The van der Waals surface area contributed by atoms with Crippen LogP contribution in [0.4, 0.5) is 5.69 Å². The van der Waals surface area contributed by atoms with Crippen LogP contribution in [0.15, 0.2) is 36.4 Å². The van der Waals surface area contributed by atoms with Crippen LogP contribution < -0.4 is 14.8 Å². The van der Waals surface area contributed by atoms with Crippen LogP contribution >= 0.6 is 0 Å². The summed E-state index contributed by atoms with van der Waals surface area (Å²) in [6.45, 7) is 4.40. The van der Waals surface area contributed by atoms with Gasteiger partial charge in [0.05, 0.1) is 0 Å². The van der Waals surface area contributed by atoms with E-state index in [9.17, 15) is 4.79 Å². The molecule has 2 aromatic rings. The number of ether oxygens (including phenoxy) is 2. The third kappa shape index (κ3) is 1.87. The number of hydrogen-bond acceptors (Lipinski definition) is 3. The fourth-order valence-corrected chi connectivity index (χ4v) is 3.64. The fraction of sp³-hybridized carbons (Fsp3) is 0.316. The number of carbonyl (C=O) groups excluding carboxylic acids is 1. The average molecular weight is 309 g/mol. The molecule has 0 aromatic heterocycles. The van der Waals surface area contributed by atoms with Gasteiger partial charge in [0.1, 0.15) is 5.41 Å². The van der Waals surface area contributed by atoms with Gasteiger partial charge in [-0.25, -0.2) is 0 Å². The van der Waals surface area contributed by atoms with Crippen molar-refractivity contribution in [2.24, 2.45) is 0 Å². The number of nitrogens with one attached hydrogen (secondary N) is 1. The van der Waals surface area contributed by atoms with Crippen LogP contribution in [0, 0.1) is 0 Å². The van der Waals surface area contributed by atoms with Gasteiger partial charge in [0, 0.05) is 5.69 Å². The van der Waals surface area contributed by atoms with Gasteiger partial charge >= 0.3 is 0 Å². The molecule has 4 nitrogen and oxygen atoms in total. The molecule has 0 aliphatic carbocycles. The van der Waals surface area contributed by atoms with Gasteiger partial charge in [-0.3, -0.25) is 4.79 Å². The molecule has 118 valence electrons. The lowest BCUT2D eigenvalue weighted by molar-refractivity contribution is -0.119. The van der Waals surface area contributed by atoms with Crippen molar-refractivity contribution in [3.8, 4) is 11.5 Å². The summed E-state index contributed by atoms with van der Waals surface area (Å²) in [6.07, 6.45) is 1.64. The van der Waals surface area contributed by atoms with E-state index in [0.29, 0.717) is 12.2 Å². The average Bonchev–Trinajstić information content (AvgIpc) is 3.15. The highest BCUT2D eigenvalue weighted by Crippen LogP contribution is 2.47. The number of anilines is 1. The number of hydrogen-bond donors (Lipinski definition) is 1. The fourth-order valence-electron chi connectivity index (χ4n) is 3.64. The summed E-state index contributed by atoms with van der Waals surface area (Å²) in [5.41, 5.74) is 3.48. The van der Waals surface area contributed by atoms with E-state index in [0.717, 1.165) is 29.0 Å². The molecular formula is C19H19NO3. The summed E-state index contributed by atoms with van der Waals surface area (Å²) in [4.78, 5) is 12.9. The van der Waals surface area contributed by atoms with Crippen molar-refractivity contribution >= 4 is 11.6 Å². The molecule has 4 rings (SSSR count). The molecule has 2 aliphatic heterocycles. The summed E-state index contributed by atoms with van der Waals surface area (Å²) in [5, 5.41) is 3.07. The lowest BCUT2D eigenvalue weighted by atomic mass is 9.73. The molecule has 1 amide bonds. The van der Waals surface area contributed by atoms with Crippen LogP contribution in [0.3, 0.4) is 0 Å². The van der Waals surface area contributed by atoms with E-state index >= 15 is 0 Å². The maximum Gasteiger partial charge on any atom is 0.239 e. The zero-order valence-corrected chi connectivity index (χ0v) is 13.3. The van der Waals surface area contributed by atoms with E-state index in [-0.39, 0.29) is 12.7 Å². The molecule has 23 heavy (non-hydrogen) atoms. The quantitative estimate of drug-likeness (QED) is 0.942. The molecule has 2 aromatic carbocycles. The topological polar surface area (TPSA) is 47.6 Å². The Morgan fingerprint density at radius 3 is 2.70 bits per heavy atom. The van der Waals surface area contributed by atoms with E-state index in [1.165, 1.54) is 5.56 Å². The minimum absolute atomic E-state index is 0.0297. The minimum atomic E-state index is -0.664. The van der Waals surface area contributed by atoms with Gasteiger partial charge < -0.3 is 14.8 Å². The molecule has 1 unspecified atom stereocenters. The van der Waals surface area contributed by atoms with E-state index < -0.39 is 5.41 Å². The van der Waals surface area contributed by atoms with Crippen LogP contribution in [0.1, 0.15) is 37.0 Å². The smallest absolute Gasteiger partial charge is 0.239 e. The summed E-state index contributed by atoms with van der Waals surface area (Å²) >= 11 is 0. The maximum absolute atomic E-state index is 12.9.